The maximum absolute atomic E-state index is 12.1. The van der Waals surface area contributed by atoms with Gasteiger partial charge in [0.25, 0.3) is 0 Å². The molecule has 2 unspecified atom stereocenters. The van der Waals surface area contributed by atoms with Crippen molar-refractivity contribution in [1.29, 1.82) is 0 Å². The Morgan fingerprint density at radius 3 is 2.50 bits per heavy atom. The van der Waals surface area contributed by atoms with Crippen LogP contribution in [-0.2, 0) is 10.0 Å². The summed E-state index contributed by atoms with van der Waals surface area (Å²) in [5.41, 5.74) is 1.14. The summed E-state index contributed by atoms with van der Waals surface area (Å²) in [7, 11) is -3.17. The van der Waals surface area contributed by atoms with Gasteiger partial charge in [0.15, 0.2) is 0 Å². The first-order valence-corrected chi connectivity index (χ1v) is 8.98. The number of hydrogen-bond acceptors (Lipinski definition) is 3. The highest BCUT2D eigenvalue weighted by atomic mass is 32.2. The molecule has 1 aromatic rings. The van der Waals surface area contributed by atoms with E-state index < -0.39 is 10.0 Å². The Hall–Kier alpha value is -0.910. The third-order valence-electron chi connectivity index (χ3n) is 3.74. The van der Waals surface area contributed by atoms with Crippen LogP contribution >= 0.6 is 0 Å². The molecule has 1 aromatic carbocycles. The topological polar surface area (TPSA) is 49.4 Å². The van der Waals surface area contributed by atoms with E-state index in [1.807, 2.05) is 30.3 Å². The first kappa shape index (κ1) is 15.5. The van der Waals surface area contributed by atoms with Gasteiger partial charge in [-0.05, 0) is 17.9 Å². The van der Waals surface area contributed by atoms with Gasteiger partial charge in [-0.3, -0.25) is 0 Å². The Bertz CT molecular complexity index is 528. The predicted octanol–water partition coefficient (Wildman–Crippen LogP) is 2.01. The average molecular weight is 296 g/mol. The number of nitrogens with zero attached hydrogens (tertiary/aromatic N) is 1. The molecular weight excluding hydrogens is 272 g/mol. The number of rotatable bonds is 4. The SMILES string of the molecule is CC(C)CC1CNC(c2ccccc2)CN1S(C)(=O)=O. The van der Waals surface area contributed by atoms with Crippen molar-refractivity contribution in [3.63, 3.8) is 0 Å². The number of sulfonamides is 1. The van der Waals surface area contributed by atoms with Gasteiger partial charge < -0.3 is 5.32 Å². The van der Waals surface area contributed by atoms with E-state index in [0.29, 0.717) is 19.0 Å². The van der Waals surface area contributed by atoms with Gasteiger partial charge >= 0.3 is 0 Å². The maximum atomic E-state index is 12.1. The van der Waals surface area contributed by atoms with Gasteiger partial charge in [0.1, 0.15) is 0 Å². The Balaban J connectivity index is 2.18. The maximum Gasteiger partial charge on any atom is 0.211 e. The molecule has 2 atom stereocenters. The minimum Gasteiger partial charge on any atom is -0.307 e. The highest BCUT2D eigenvalue weighted by molar-refractivity contribution is 7.88. The van der Waals surface area contributed by atoms with Gasteiger partial charge in [0, 0.05) is 25.2 Å². The van der Waals surface area contributed by atoms with Gasteiger partial charge in [-0.15, -0.1) is 0 Å². The lowest BCUT2D eigenvalue weighted by Gasteiger charge is -2.39. The zero-order valence-electron chi connectivity index (χ0n) is 12.4. The van der Waals surface area contributed by atoms with Gasteiger partial charge in [-0.2, -0.15) is 4.31 Å². The quantitative estimate of drug-likeness (QED) is 0.924. The van der Waals surface area contributed by atoms with Crippen molar-refractivity contribution in [1.82, 2.24) is 9.62 Å². The zero-order valence-corrected chi connectivity index (χ0v) is 13.2. The summed E-state index contributed by atoms with van der Waals surface area (Å²) in [6.45, 7) is 5.48. The molecule has 1 aliphatic rings. The van der Waals surface area contributed by atoms with E-state index in [1.165, 1.54) is 6.26 Å². The fraction of sp³-hybridized carbons (Fsp3) is 0.600. The van der Waals surface area contributed by atoms with E-state index in [-0.39, 0.29) is 12.1 Å². The smallest absolute Gasteiger partial charge is 0.211 e. The van der Waals surface area contributed by atoms with E-state index in [0.717, 1.165) is 12.0 Å². The second kappa shape index (κ2) is 6.24. The van der Waals surface area contributed by atoms with Crippen LogP contribution in [0.2, 0.25) is 0 Å². The van der Waals surface area contributed by atoms with Crippen LogP contribution in [0.5, 0.6) is 0 Å². The number of nitrogens with one attached hydrogen (secondary N) is 1. The predicted molar refractivity (Wildman–Crippen MR) is 82.0 cm³/mol. The molecule has 0 radical (unpaired) electrons. The molecule has 1 fully saturated rings. The van der Waals surface area contributed by atoms with Crippen molar-refractivity contribution in [2.75, 3.05) is 19.3 Å². The van der Waals surface area contributed by atoms with Crippen molar-refractivity contribution in [3.8, 4) is 0 Å². The number of piperazine rings is 1. The Morgan fingerprint density at radius 2 is 1.95 bits per heavy atom. The van der Waals surface area contributed by atoms with Gasteiger partial charge in [0.2, 0.25) is 10.0 Å². The number of hydrogen-bond donors (Lipinski definition) is 1. The summed E-state index contributed by atoms with van der Waals surface area (Å²) >= 11 is 0. The van der Waals surface area contributed by atoms with Crippen LogP contribution in [0.15, 0.2) is 30.3 Å². The molecule has 2 rings (SSSR count). The minimum atomic E-state index is -3.17. The first-order chi connectivity index (χ1) is 9.38. The summed E-state index contributed by atoms with van der Waals surface area (Å²) in [5, 5.41) is 3.49. The van der Waals surface area contributed by atoms with Crippen molar-refractivity contribution < 1.29 is 8.42 Å². The molecule has 5 heteroatoms. The van der Waals surface area contributed by atoms with E-state index in [2.05, 4.69) is 19.2 Å². The first-order valence-electron chi connectivity index (χ1n) is 7.13. The molecule has 4 nitrogen and oxygen atoms in total. The van der Waals surface area contributed by atoms with E-state index >= 15 is 0 Å². The fourth-order valence-electron chi connectivity index (χ4n) is 2.83. The molecule has 1 N–H and O–H groups in total. The lowest BCUT2D eigenvalue weighted by atomic mass is 9.98. The zero-order chi connectivity index (χ0) is 14.8. The minimum absolute atomic E-state index is 0.0602. The Kier molecular flexibility index (Phi) is 4.83. The molecule has 0 spiro atoms. The van der Waals surface area contributed by atoms with Crippen molar-refractivity contribution >= 4 is 10.0 Å². The summed E-state index contributed by atoms with van der Waals surface area (Å²) in [6, 6.07) is 10.2. The molecule has 0 aromatic heterocycles. The lowest BCUT2D eigenvalue weighted by Crippen LogP contribution is -2.54. The largest absolute Gasteiger partial charge is 0.307 e. The molecule has 112 valence electrons. The highest BCUT2D eigenvalue weighted by Gasteiger charge is 2.34. The van der Waals surface area contributed by atoms with Crippen LogP contribution in [0.3, 0.4) is 0 Å². The molecule has 1 aliphatic heterocycles. The Labute approximate surface area is 122 Å². The van der Waals surface area contributed by atoms with Crippen molar-refractivity contribution in [2.45, 2.75) is 32.4 Å². The van der Waals surface area contributed by atoms with Crippen molar-refractivity contribution in [3.05, 3.63) is 35.9 Å². The normalized spacial score (nSPS) is 25.0. The third kappa shape index (κ3) is 3.81. The van der Waals surface area contributed by atoms with Crippen LogP contribution in [0.1, 0.15) is 31.9 Å². The standard InChI is InChI=1S/C15H24N2O2S/c1-12(2)9-14-10-16-15(11-17(14)20(3,18)19)13-7-5-4-6-8-13/h4-8,12,14-16H,9-11H2,1-3H3. The van der Waals surface area contributed by atoms with Gasteiger partial charge in [-0.25, -0.2) is 8.42 Å². The second-order valence-electron chi connectivity index (χ2n) is 5.99. The highest BCUT2D eigenvalue weighted by Crippen LogP contribution is 2.24. The summed E-state index contributed by atoms with van der Waals surface area (Å²) in [5.74, 6) is 0.485. The molecule has 0 bridgehead atoms. The van der Waals surface area contributed by atoms with Crippen LogP contribution < -0.4 is 5.32 Å². The van der Waals surface area contributed by atoms with Gasteiger partial charge in [-0.1, -0.05) is 44.2 Å². The number of benzene rings is 1. The summed E-state index contributed by atoms with van der Waals surface area (Å²) in [6.07, 6.45) is 2.20. The molecule has 1 heterocycles. The average Bonchev–Trinajstić information content (AvgIpc) is 2.38. The van der Waals surface area contributed by atoms with Gasteiger partial charge in [0.05, 0.1) is 6.26 Å². The fourth-order valence-corrected chi connectivity index (χ4v) is 3.96. The molecule has 1 saturated heterocycles. The van der Waals surface area contributed by atoms with E-state index in [4.69, 9.17) is 0 Å². The second-order valence-corrected chi connectivity index (χ2v) is 7.92. The molecular formula is C15H24N2O2S. The van der Waals surface area contributed by atoms with Crippen LogP contribution in [0.25, 0.3) is 0 Å². The summed E-state index contributed by atoms with van der Waals surface area (Å²) in [4.78, 5) is 0. The summed E-state index contributed by atoms with van der Waals surface area (Å²) < 4.78 is 25.8. The molecule has 0 aliphatic carbocycles. The lowest BCUT2D eigenvalue weighted by molar-refractivity contribution is 0.202. The Morgan fingerprint density at radius 1 is 1.30 bits per heavy atom. The van der Waals surface area contributed by atoms with Crippen LogP contribution in [-0.4, -0.2) is 38.1 Å². The third-order valence-corrected chi connectivity index (χ3v) is 5.04. The molecule has 20 heavy (non-hydrogen) atoms. The van der Waals surface area contributed by atoms with Crippen molar-refractivity contribution in [2.24, 2.45) is 5.92 Å². The molecule has 0 saturated carbocycles. The monoisotopic (exact) mass is 296 g/mol. The van der Waals surface area contributed by atoms with E-state index in [9.17, 15) is 8.42 Å². The van der Waals surface area contributed by atoms with Crippen LogP contribution in [0.4, 0.5) is 0 Å². The van der Waals surface area contributed by atoms with E-state index in [1.54, 1.807) is 4.31 Å². The molecule has 0 amide bonds. The van der Waals surface area contributed by atoms with Crippen LogP contribution in [0, 0.1) is 5.92 Å².